The van der Waals surface area contributed by atoms with Crippen LogP contribution in [-0.4, -0.2) is 28.5 Å². The highest BCUT2D eigenvalue weighted by molar-refractivity contribution is 7.09. The summed E-state index contributed by atoms with van der Waals surface area (Å²) in [6.45, 7) is 1.55. The van der Waals surface area contributed by atoms with Crippen LogP contribution >= 0.6 is 11.3 Å². The number of methoxy groups -OCH3 is 1. The number of thiazole rings is 1. The van der Waals surface area contributed by atoms with Crippen LogP contribution in [0.5, 0.6) is 5.75 Å². The van der Waals surface area contributed by atoms with Crippen LogP contribution in [0.2, 0.25) is 0 Å². The number of aromatic amines is 1. The Bertz CT molecular complexity index is 1120. The first-order chi connectivity index (χ1) is 13.7. The molecule has 4 nitrogen and oxygen atoms in total. The number of nitrogens with zero attached hydrogens (tertiary/aromatic N) is 2. The van der Waals surface area contributed by atoms with Gasteiger partial charge < -0.3 is 9.72 Å². The second kappa shape index (κ2) is 7.04. The highest BCUT2D eigenvalue weighted by Crippen LogP contribution is 2.40. The van der Waals surface area contributed by atoms with Crippen LogP contribution in [0.4, 0.5) is 4.39 Å². The van der Waals surface area contributed by atoms with Crippen molar-refractivity contribution in [3.63, 3.8) is 0 Å². The summed E-state index contributed by atoms with van der Waals surface area (Å²) in [7, 11) is 1.56. The Kier molecular flexibility index (Phi) is 4.37. The molecule has 0 amide bonds. The topological polar surface area (TPSA) is 41.1 Å². The van der Waals surface area contributed by atoms with Crippen LogP contribution in [0.15, 0.2) is 54.0 Å². The normalized spacial score (nSPS) is 17.0. The Morgan fingerprint density at radius 1 is 1.29 bits per heavy atom. The van der Waals surface area contributed by atoms with Gasteiger partial charge in [-0.3, -0.25) is 4.90 Å². The summed E-state index contributed by atoms with van der Waals surface area (Å²) in [6, 6.07) is 13.3. The first-order valence-corrected chi connectivity index (χ1v) is 10.2. The van der Waals surface area contributed by atoms with E-state index in [4.69, 9.17) is 4.74 Å². The van der Waals surface area contributed by atoms with Gasteiger partial charge in [-0.15, -0.1) is 11.3 Å². The molecule has 2 aromatic heterocycles. The molecule has 0 bridgehead atoms. The molecule has 0 radical (unpaired) electrons. The van der Waals surface area contributed by atoms with Crippen LogP contribution in [0, 0.1) is 5.82 Å². The Hall–Kier alpha value is -2.70. The van der Waals surface area contributed by atoms with Gasteiger partial charge in [0.05, 0.1) is 19.7 Å². The fourth-order valence-electron chi connectivity index (χ4n) is 4.17. The van der Waals surface area contributed by atoms with Gasteiger partial charge >= 0.3 is 0 Å². The maximum Gasteiger partial charge on any atom is 0.132 e. The maximum absolute atomic E-state index is 15.1. The van der Waals surface area contributed by atoms with E-state index < -0.39 is 0 Å². The van der Waals surface area contributed by atoms with Crippen molar-refractivity contribution in [2.45, 2.75) is 19.0 Å². The molecule has 1 aliphatic heterocycles. The lowest BCUT2D eigenvalue weighted by atomic mass is 9.92. The molecule has 6 heteroatoms. The van der Waals surface area contributed by atoms with E-state index in [1.54, 1.807) is 18.4 Å². The molecule has 0 spiro atoms. The van der Waals surface area contributed by atoms with Crippen LogP contribution in [0.1, 0.15) is 27.9 Å². The molecule has 0 aliphatic carbocycles. The van der Waals surface area contributed by atoms with Gasteiger partial charge in [-0.05, 0) is 24.1 Å². The molecular weight excluding hydrogens is 373 g/mol. The van der Waals surface area contributed by atoms with Gasteiger partial charge in [0.1, 0.15) is 16.6 Å². The monoisotopic (exact) mass is 393 g/mol. The number of hydrogen-bond donors (Lipinski definition) is 1. The number of rotatable bonds is 4. The Balaban J connectivity index is 1.65. The summed E-state index contributed by atoms with van der Waals surface area (Å²) < 4.78 is 20.3. The third-order valence-corrected chi connectivity index (χ3v) is 6.22. The summed E-state index contributed by atoms with van der Waals surface area (Å²) in [5.41, 5.74) is 4.12. The quantitative estimate of drug-likeness (QED) is 0.535. The first-order valence-electron chi connectivity index (χ1n) is 9.30. The van der Waals surface area contributed by atoms with Crippen LogP contribution in [0.25, 0.3) is 10.9 Å². The number of aromatic nitrogens is 2. The predicted molar refractivity (Wildman–Crippen MR) is 109 cm³/mol. The molecule has 0 saturated carbocycles. The van der Waals surface area contributed by atoms with E-state index in [0.29, 0.717) is 17.9 Å². The highest BCUT2D eigenvalue weighted by atomic mass is 32.1. The minimum absolute atomic E-state index is 0.189. The lowest BCUT2D eigenvalue weighted by Crippen LogP contribution is -2.36. The van der Waals surface area contributed by atoms with Crippen LogP contribution in [-0.2, 0) is 13.0 Å². The summed E-state index contributed by atoms with van der Waals surface area (Å²) >= 11 is 1.63. The second-order valence-corrected chi connectivity index (χ2v) is 7.98. The van der Waals surface area contributed by atoms with E-state index in [0.717, 1.165) is 29.2 Å². The second-order valence-electron chi connectivity index (χ2n) is 7.00. The number of para-hydroxylation sites is 1. The fourth-order valence-corrected chi connectivity index (χ4v) is 4.82. The molecule has 0 fully saturated rings. The highest BCUT2D eigenvalue weighted by Gasteiger charge is 2.33. The molecule has 0 unspecified atom stereocenters. The van der Waals surface area contributed by atoms with Crippen molar-refractivity contribution in [3.05, 3.63) is 81.7 Å². The van der Waals surface area contributed by atoms with E-state index in [-0.39, 0.29) is 11.9 Å². The fraction of sp³-hybridized carbons (Fsp3) is 0.227. The zero-order valence-electron chi connectivity index (χ0n) is 15.5. The SMILES string of the molecule is COc1ccc([C@@H]2c3[nH]c4ccccc4c3CCN2Cc2nccs2)c(F)c1. The Labute approximate surface area is 166 Å². The van der Waals surface area contributed by atoms with Crippen molar-refractivity contribution in [1.29, 1.82) is 0 Å². The molecule has 142 valence electrons. The van der Waals surface area contributed by atoms with Gasteiger partial charge in [-0.25, -0.2) is 9.37 Å². The van der Waals surface area contributed by atoms with Crippen molar-refractivity contribution in [2.24, 2.45) is 0 Å². The first kappa shape index (κ1) is 17.4. The number of hydrogen-bond acceptors (Lipinski definition) is 4. The average Bonchev–Trinajstić information content (AvgIpc) is 3.35. The zero-order chi connectivity index (χ0) is 19.1. The molecule has 28 heavy (non-hydrogen) atoms. The number of fused-ring (bicyclic) bond motifs is 3. The summed E-state index contributed by atoms with van der Waals surface area (Å²) in [5.74, 6) is 0.278. The number of halogens is 1. The van der Waals surface area contributed by atoms with Gasteiger partial charge in [-0.2, -0.15) is 0 Å². The zero-order valence-corrected chi connectivity index (χ0v) is 16.3. The number of H-pyrrole nitrogens is 1. The van der Waals surface area contributed by atoms with Crippen molar-refractivity contribution >= 4 is 22.2 Å². The third-order valence-electron chi connectivity index (χ3n) is 5.46. The lowest BCUT2D eigenvalue weighted by molar-refractivity contribution is 0.198. The molecule has 1 N–H and O–H groups in total. The van der Waals surface area contributed by atoms with E-state index in [2.05, 4.69) is 33.1 Å². The predicted octanol–water partition coefficient (Wildman–Crippen LogP) is 4.92. The Morgan fingerprint density at radius 2 is 2.18 bits per heavy atom. The summed E-state index contributed by atoms with van der Waals surface area (Å²) in [6.07, 6.45) is 2.75. The van der Waals surface area contributed by atoms with Crippen molar-refractivity contribution in [3.8, 4) is 5.75 Å². The molecule has 2 aromatic carbocycles. The van der Waals surface area contributed by atoms with E-state index in [1.807, 2.05) is 29.8 Å². The largest absolute Gasteiger partial charge is 0.497 e. The smallest absolute Gasteiger partial charge is 0.132 e. The molecule has 5 rings (SSSR count). The van der Waals surface area contributed by atoms with Gasteiger partial charge in [0.15, 0.2) is 0 Å². The average molecular weight is 393 g/mol. The number of ether oxygens (including phenoxy) is 1. The third kappa shape index (κ3) is 2.89. The van der Waals surface area contributed by atoms with Crippen molar-refractivity contribution in [2.75, 3.05) is 13.7 Å². The van der Waals surface area contributed by atoms with E-state index in [1.165, 1.54) is 17.0 Å². The van der Waals surface area contributed by atoms with Gasteiger partial charge in [-0.1, -0.05) is 24.3 Å². The minimum Gasteiger partial charge on any atom is -0.497 e. The van der Waals surface area contributed by atoms with E-state index >= 15 is 4.39 Å². The number of benzene rings is 2. The minimum atomic E-state index is -0.250. The molecule has 3 heterocycles. The maximum atomic E-state index is 15.1. The van der Waals surface area contributed by atoms with Gasteiger partial charge in [0.25, 0.3) is 0 Å². The number of nitrogens with one attached hydrogen (secondary N) is 1. The molecule has 0 saturated heterocycles. The standard InChI is InChI=1S/C22H20FN3OS/c1-27-14-6-7-17(18(23)12-14)22-21-16(15-4-2-3-5-19(15)25-21)8-10-26(22)13-20-24-9-11-28-20/h2-7,9,11-12,22,25H,8,10,13H2,1H3/t22-/m1/s1. The van der Waals surface area contributed by atoms with Gasteiger partial charge in [0, 0.05) is 46.3 Å². The van der Waals surface area contributed by atoms with Crippen molar-refractivity contribution in [1.82, 2.24) is 14.9 Å². The van der Waals surface area contributed by atoms with Crippen LogP contribution in [0.3, 0.4) is 0 Å². The summed E-state index contributed by atoms with van der Waals surface area (Å²) in [4.78, 5) is 10.3. The van der Waals surface area contributed by atoms with Crippen LogP contribution < -0.4 is 4.74 Å². The molecule has 1 aliphatic rings. The van der Waals surface area contributed by atoms with Crippen molar-refractivity contribution < 1.29 is 9.13 Å². The lowest BCUT2D eigenvalue weighted by Gasteiger charge is -2.35. The molecule has 1 atom stereocenters. The Morgan fingerprint density at radius 3 is 2.96 bits per heavy atom. The molecule has 4 aromatic rings. The van der Waals surface area contributed by atoms with Gasteiger partial charge in [0.2, 0.25) is 0 Å². The molecular formula is C22H20FN3OS. The summed E-state index contributed by atoms with van der Waals surface area (Å²) in [5, 5.41) is 4.25. The van der Waals surface area contributed by atoms with E-state index in [9.17, 15) is 0 Å².